The summed E-state index contributed by atoms with van der Waals surface area (Å²) >= 11 is 0. The van der Waals surface area contributed by atoms with Crippen LogP contribution >= 0.6 is 0 Å². The molecule has 0 amide bonds. The van der Waals surface area contributed by atoms with Gasteiger partial charge in [-0.15, -0.1) is 10.2 Å². The van der Waals surface area contributed by atoms with E-state index in [-0.39, 0.29) is 0 Å². The molecule has 0 saturated carbocycles. The Morgan fingerprint density at radius 2 is 1.93 bits per heavy atom. The van der Waals surface area contributed by atoms with Crippen LogP contribution in [0.2, 0.25) is 0 Å². The van der Waals surface area contributed by atoms with E-state index in [1.807, 2.05) is 13.8 Å². The number of aromatic nitrogens is 4. The van der Waals surface area contributed by atoms with Crippen molar-refractivity contribution in [2.75, 3.05) is 0 Å². The van der Waals surface area contributed by atoms with Crippen LogP contribution in [0.4, 0.5) is 0 Å². The van der Waals surface area contributed by atoms with Crippen molar-refractivity contribution in [3.8, 4) is 0 Å². The van der Waals surface area contributed by atoms with Gasteiger partial charge in [0.15, 0.2) is 5.82 Å². The van der Waals surface area contributed by atoms with Crippen LogP contribution in [0.5, 0.6) is 0 Å². The Balaban J connectivity index is 2.57. The van der Waals surface area contributed by atoms with E-state index in [4.69, 9.17) is 0 Å². The topological polar surface area (TPSA) is 75.9 Å². The molecule has 0 spiro atoms. The Morgan fingerprint density at radius 3 is 2.33 bits per heavy atom. The lowest BCUT2D eigenvalue weighted by Gasteiger charge is -2.37. The first kappa shape index (κ1) is 12.1. The zero-order chi connectivity index (χ0) is 11.7. The molecule has 6 heteroatoms. The van der Waals surface area contributed by atoms with Crippen LogP contribution < -0.4 is 5.32 Å². The fourth-order valence-electron chi connectivity index (χ4n) is 0.910. The molecule has 0 bridgehead atoms. The molecule has 0 radical (unpaired) electrons. The highest BCUT2D eigenvalue weighted by atomic mass is 16.3. The molecule has 0 fully saturated rings. The second-order valence-electron chi connectivity index (χ2n) is 4.73. The highest BCUT2D eigenvalue weighted by molar-refractivity contribution is 4.94. The van der Waals surface area contributed by atoms with Crippen molar-refractivity contribution in [1.82, 2.24) is 25.5 Å². The molecule has 2 N–H and O–H groups in total. The summed E-state index contributed by atoms with van der Waals surface area (Å²) in [4.78, 5) is 1.41. The third kappa shape index (κ3) is 2.97. The largest absolute Gasteiger partial charge is 0.389 e. The van der Waals surface area contributed by atoms with Gasteiger partial charge in [-0.1, -0.05) is 0 Å². The second-order valence-corrected chi connectivity index (χ2v) is 4.73. The fourth-order valence-corrected chi connectivity index (χ4v) is 0.910. The second kappa shape index (κ2) is 3.86. The van der Waals surface area contributed by atoms with Gasteiger partial charge in [0.1, 0.15) is 0 Å². The lowest BCUT2D eigenvalue weighted by atomic mass is 9.86. The van der Waals surface area contributed by atoms with E-state index in [1.54, 1.807) is 20.9 Å². The first-order valence-electron chi connectivity index (χ1n) is 4.93. The molecule has 0 aliphatic carbocycles. The summed E-state index contributed by atoms with van der Waals surface area (Å²) in [5.41, 5.74) is -1.22. The molecule has 0 aliphatic heterocycles. The number of rotatable bonds is 4. The summed E-state index contributed by atoms with van der Waals surface area (Å²) < 4.78 is 0. The molecule has 1 rings (SSSR count). The van der Waals surface area contributed by atoms with Gasteiger partial charge in [0.05, 0.1) is 19.2 Å². The average molecular weight is 213 g/mol. The van der Waals surface area contributed by atoms with Crippen molar-refractivity contribution in [2.45, 2.75) is 45.4 Å². The third-order valence-corrected chi connectivity index (χ3v) is 2.77. The molecular formula is C9H19N5O. The highest BCUT2D eigenvalue weighted by Crippen LogP contribution is 2.20. The van der Waals surface area contributed by atoms with Crippen molar-refractivity contribution in [3.05, 3.63) is 5.82 Å². The minimum absolute atomic E-state index is 0.411. The van der Waals surface area contributed by atoms with E-state index >= 15 is 0 Å². The number of hydrogen-bond donors (Lipinski definition) is 2. The summed E-state index contributed by atoms with van der Waals surface area (Å²) in [5.74, 6) is 0.620. The zero-order valence-electron chi connectivity index (χ0n) is 9.94. The van der Waals surface area contributed by atoms with Crippen molar-refractivity contribution >= 4 is 0 Å². The maximum atomic E-state index is 9.90. The van der Waals surface area contributed by atoms with Gasteiger partial charge in [-0.2, -0.15) is 4.80 Å². The number of nitrogens with zero attached hydrogens (tertiary/aromatic N) is 4. The van der Waals surface area contributed by atoms with Crippen LogP contribution in [0.3, 0.4) is 0 Å². The van der Waals surface area contributed by atoms with Crippen LogP contribution in [-0.4, -0.2) is 36.5 Å². The Hall–Kier alpha value is -1.01. The van der Waals surface area contributed by atoms with Crippen molar-refractivity contribution in [1.29, 1.82) is 0 Å². The molecule has 0 unspecified atom stereocenters. The van der Waals surface area contributed by atoms with Gasteiger partial charge in [-0.3, -0.25) is 0 Å². The Kier molecular flexibility index (Phi) is 3.11. The summed E-state index contributed by atoms with van der Waals surface area (Å²) in [5, 5.41) is 24.7. The molecular weight excluding hydrogens is 194 g/mol. The number of aryl methyl sites for hydroxylation is 1. The molecule has 86 valence electrons. The summed E-state index contributed by atoms with van der Waals surface area (Å²) in [7, 11) is 1.72. The van der Waals surface area contributed by atoms with Gasteiger partial charge in [0.25, 0.3) is 0 Å². The predicted molar refractivity (Wildman–Crippen MR) is 56.0 cm³/mol. The van der Waals surface area contributed by atoms with Gasteiger partial charge in [-0.25, -0.2) is 0 Å². The van der Waals surface area contributed by atoms with Crippen molar-refractivity contribution < 1.29 is 5.11 Å². The molecule has 6 nitrogen and oxygen atoms in total. The minimum Gasteiger partial charge on any atom is -0.389 e. The Morgan fingerprint density at radius 1 is 1.33 bits per heavy atom. The molecule has 1 aromatic rings. The summed E-state index contributed by atoms with van der Waals surface area (Å²) in [6.07, 6.45) is 0. The summed E-state index contributed by atoms with van der Waals surface area (Å²) in [6.45, 7) is 7.89. The Bertz CT molecular complexity index is 325. The fraction of sp³-hybridized carbons (Fsp3) is 0.889. The number of nitrogens with one attached hydrogen (secondary N) is 1. The monoisotopic (exact) mass is 213 g/mol. The molecule has 0 aliphatic rings. The van der Waals surface area contributed by atoms with E-state index in [9.17, 15) is 5.11 Å². The van der Waals surface area contributed by atoms with Gasteiger partial charge in [0, 0.05) is 5.54 Å². The van der Waals surface area contributed by atoms with E-state index in [0.717, 1.165) is 0 Å². The molecule has 1 heterocycles. The van der Waals surface area contributed by atoms with E-state index in [1.165, 1.54) is 4.80 Å². The summed E-state index contributed by atoms with van der Waals surface area (Å²) in [6, 6.07) is 0. The van der Waals surface area contributed by atoms with Crippen LogP contribution in [0.25, 0.3) is 0 Å². The zero-order valence-corrected chi connectivity index (χ0v) is 9.94. The normalized spacial score (nSPS) is 13.2. The predicted octanol–water partition coefficient (Wildman–Crippen LogP) is -0.151. The van der Waals surface area contributed by atoms with Gasteiger partial charge >= 0.3 is 0 Å². The first-order chi connectivity index (χ1) is 6.72. The molecule has 0 atom stereocenters. The van der Waals surface area contributed by atoms with Crippen LogP contribution in [0, 0.1) is 0 Å². The highest BCUT2D eigenvalue weighted by Gasteiger charge is 2.34. The number of tetrazole rings is 1. The maximum absolute atomic E-state index is 9.90. The molecule has 1 aromatic heterocycles. The van der Waals surface area contributed by atoms with Gasteiger partial charge < -0.3 is 10.4 Å². The average Bonchev–Trinajstić information content (AvgIpc) is 2.46. The Labute approximate surface area is 89.7 Å². The molecule has 15 heavy (non-hydrogen) atoms. The number of aliphatic hydroxyl groups is 1. The third-order valence-electron chi connectivity index (χ3n) is 2.77. The lowest BCUT2D eigenvalue weighted by Crippen LogP contribution is -2.55. The van der Waals surface area contributed by atoms with Crippen molar-refractivity contribution in [3.63, 3.8) is 0 Å². The van der Waals surface area contributed by atoms with Gasteiger partial charge in [-0.05, 0) is 32.9 Å². The SMILES string of the molecule is Cn1nnc(CNC(C)(C)C(C)(C)O)n1. The standard InChI is InChI=1S/C9H19N5O/c1-8(2,9(3,4)15)10-6-7-11-13-14(5)12-7/h10,15H,6H2,1-5H3. The molecule has 0 saturated heterocycles. The van der Waals surface area contributed by atoms with Gasteiger partial charge in [0.2, 0.25) is 0 Å². The van der Waals surface area contributed by atoms with Crippen LogP contribution in [0.15, 0.2) is 0 Å². The van der Waals surface area contributed by atoms with Crippen LogP contribution in [-0.2, 0) is 13.6 Å². The maximum Gasteiger partial charge on any atom is 0.188 e. The number of hydrogen-bond acceptors (Lipinski definition) is 5. The van der Waals surface area contributed by atoms with E-state index in [2.05, 4.69) is 20.7 Å². The quantitative estimate of drug-likeness (QED) is 0.727. The molecule has 0 aromatic carbocycles. The van der Waals surface area contributed by atoms with Crippen LogP contribution in [0.1, 0.15) is 33.5 Å². The smallest absolute Gasteiger partial charge is 0.188 e. The van der Waals surface area contributed by atoms with Crippen molar-refractivity contribution in [2.24, 2.45) is 7.05 Å². The van der Waals surface area contributed by atoms with E-state index < -0.39 is 11.1 Å². The first-order valence-corrected chi connectivity index (χ1v) is 4.93. The lowest BCUT2D eigenvalue weighted by molar-refractivity contribution is -0.00561. The van der Waals surface area contributed by atoms with E-state index in [0.29, 0.717) is 12.4 Å². The minimum atomic E-state index is -0.810.